The molecule has 0 radical (unpaired) electrons. The second-order valence-corrected chi connectivity index (χ2v) is 4.91. The molecular weight excluding hydrogens is 336 g/mol. The maximum absolute atomic E-state index is 13.6. The van der Waals surface area contributed by atoms with Gasteiger partial charge in [-0.3, -0.25) is 0 Å². The van der Waals surface area contributed by atoms with Crippen LogP contribution in [0.3, 0.4) is 0 Å². The Morgan fingerprint density at radius 3 is 2.60 bits per heavy atom. The van der Waals surface area contributed by atoms with Gasteiger partial charge in [-0.1, -0.05) is 0 Å². The first-order valence-electron chi connectivity index (χ1n) is 5.62. The van der Waals surface area contributed by atoms with E-state index in [0.717, 1.165) is 6.07 Å². The van der Waals surface area contributed by atoms with Crippen LogP contribution in [0.1, 0.15) is 29.1 Å². The fraction of sp³-hybridized carbons (Fsp3) is 0.154. The quantitative estimate of drug-likeness (QED) is 0.871. The number of nitrogens with one attached hydrogen (secondary N) is 1. The number of hydrogen-bond donors (Lipinski definition) is 2. The van der Waals surface area contributed by atoms with Crippen molar-refractivity contribution in [3.05, 3.63) is 51.9 Å². The van der Waals surface area contributed by atoms with E-state index in [9.17, 15) is 13.6 Å². The van der Waals surface area contributed by atoms with Crippen molar-refractivity contribution in [3.63, 3.8) is 0 Å². The first kappa shape index (κ1) is 14.5. The Hall–Kier alpha value is -1.89. The Bertz CT molecular complexity index is 657. The topological polar surface area (TPSA) is 62.5 Å². The Balaban J connectivity index is 2.29. The molecule has 0 spiro atoms. The first-order valence-corrected chi connectivity index (χ1v) is 6.42. The van der Waals surface area contributed by atoms with E-state index in [2.05, 4.69) is 21.2 Å². The van der Waals surface area contributed by atoms with E-state index in [4.69, 9.17) is 9.52 Å². The van der Waals surface area contributed by atoms with Gasteiger partial charge in [0.1, 0.15) is 17.4 Å². The molecule has 0 amide bonds. The van der Waals surface area contributed by atoms with E-state index in [1.54, 1.807) is 19.1 Å². The standard InChI is InChI=1S/C13H10BrF2NO3/c1-6(11-2-3-12(14)20-11)17-10-4-7(13(18)19)8(15)5-9(10)16/h2-6,17H,1H3,(H,18,19). The number of hydrogen-bond acceptors (Lipinski definition) is 3. The number of carboxylic acids is 1. The molecule has 0 aliphatic heterocycles. The molecule has 2 aromatic rings. The molecule has 0 aliphatic carbocycles. The summed E-state index contributed by atoms with van der Waals surface area (Å²) in [6.07, 6.45) is 0. The van der Waals surface area contributed by atoms with Crippen LogP contribution in [-0.2, 0) is 0 Å². The van der Waals surface area contributed by atoms with E-state index in [-0.39, 0.29) is 5.69 Å². The molecule has 1 aromatic carbocycles. The van der Waals surface area contributed by atoms with Crippen LogP contribution in [-0.4, -0.2) is 11.1 Å². The van der Waals surface area contributed by atoms with Crippen LogP contribution >= 0.6 is 15.9 Å². The van der Waals surface area contributed by atoms with Crippen molar-refractivity contribution in [2.24, 2.45) is 0 Å². The summed E-state index contributed by atoms with van der Waals surface area (Å²) >= 11 is 3.14. The molecule has 0 saturated carbocycles. The highest BCUT2D eigenvalue weighted by molar-refractivity contribution is 9.10. The van der Waals surface area contributed by atoms with E-state index >= 15 is 0 Å². The molecule has 4 nitrogen and oxygen atoms in total. The van der Waals surface area contributed by atoms with Crippen LogP contribution in [0.15, 0.2) is 33.4 Å². The zero-order chi connectivity index (χ0) is 14.9. The summed E-state index contributed by atoms with van der Waals surface area (Å²) in [6.45, 7) is 1.70. The zero-order valence-corrected chi connectivity index (χ0v) is 11.9. The molecule has 20 heavy (non-hydrogen) atoms. The molecule has 0 aliphatic rings. The van der Waals surface area contributed by atoms with Crippen molar-refractivity contribution < 1.29 is 23.1 Å². The largest absolute Gasteiger partial charge is 0.478 e. The highest BCUT2D eigenvalue weighted by Gasteiger charge is 2.17. The Labute approximate surface area is 121 Å². The van der Waals surface area contributed by atoms with E-state index in [1.165, 1.54) is 0 Å². The maximum atomic E-state index is 13.6. The van der Waals surface area contributed by atoms with Crippen molar-refractivity contribution in [2.45, 2.75) is 13.0 Å². The third kappa shape index (κ3) is 2.98. The molecule has 1 unspecified atom stereocenters. The molecule has 1 atom stereocenters. The lowest BCUT2D eigenvalue weighted by atomic mass is 10.1. The van der Waals surface area contributed by atoms with Gasteiger partial charge in [0, 0.05) is 6.07 Å². The number of aromatic carboxylic acids is 1. The third-order valence-corrected chi connectivity index (χ3v) is 3.11. The van der Waals surface area contributed by atoms with Gasteiger partial charge in [-0.25, -0.2) is 13.6 Å². The number of benzene rings is 1. The lowest BCUT2D eigenvalue weighted by molar-refractivity contribution is 0.0692. The highest BCUT2D eigenvalue weighted by atomic mass is 79.9. The second-order valence-electron chi connectivity index (χ2n) is 4.12. The summed E-state index contributed by atoms with van der Waals surface area (Å²) in [7, 11) is 0. The minimum atomic E-state index is -1.46. The van der Waals surface area contributed by atoms with Gasteiger partial charge < -0.3 is 14.8 Å². The number of rotatable bonds is 4. The predicted molar refractivity (Wildman–Crippen MR) is 71.8 cm³/mol. The lowest BCUT2D eigenvalue weighted by Gasteiger charge is -2.14. The normalized spacial score (nSPS) is 12.2. The summed E-state index contributed by atoms with van der Waals surface area (Å²) in [4.78, 5) is 10.8. The van der Waals surface area contributed by atoms with Crippen LogP contribution in [0.4, 0.5) is 14.5 Å². The van der Waals surface area contributed by atoms with Gasteiger partial charge >= 0.3 is 5.97 Å². The van der Waals surface area contributed by atoms with E-state index in [1.807, 2.05) is 0 Å². The second kappa shape index (κ2) is 5.62. The molecule has 2 N–H and O–H groups in total. The smallest absolute Gasteiger partial charge is 0.338 e. The lowest BCUT2D eigenvalue weighted by Crippen LogP contribution is -2.10. The molecule has 1 heterocycles. The first-order chi connectivity index (χ1) is 9.38. The SMILES string of the molecule is CC(Nc1cc(C(=O)O)c(F)cc1F)c1ccc(Br)o1. The molecule has 1 aromatic heterocycles. The van der Waals surface area contributed by atoms with Crippen molar-refractivity contribution in [1.29, 1.82) is 0 Å². The predicted octanol–water partition coefficient (Wildman–Crippen LogP) is 4.19. The summed E-state index contributed by atoms with van der Waals surface area (Å²) in [5.74, 6) is -2.92. The van der Waals surface area contributed by atoms with Crippen LogP contribution < -0.4 is 5.32 Å². The number of halogens is 3. The Kier molecular flexibility index (Phi) is 4.08. The van der Waals surface area contributed by atoms with Crippen LogP contribution in [0.25, 0.3) is 0 Å². The van der Waals surface area contributed by atoms with Crippen molar-refractivity contribution >= 4 is 27.6 Å². The van der Waals surface area contributed by atoms with Gasteiger partial charge in [0.05, 0.1) is 17.3 Å². The average molecular weight is 346 g/mol. The van der Waals surface area contributed by atoms with Gasteiger partial charge in [-0.15, -0.1) is 0 Å². The number of furan rings is 1. The average Bonchev–Trinajstić information content (AvgIpc) is 2.79. The fourth-order valence-corrected chi connectivity index (χ4v) is 2.01. The number of carboxylic acid groups (broad SMARTS) is 1. The molecule has 2 rings (SSSR count). The van der Waals surface area contributed by atoms with E-state index < -0.39 is 29.2 Å². The van der Waals surface area contributed by atoms with Crippen LogP contribution in [0, 0.1) is 11.6 Å². The van der Waals surface area contributed by atoms with Crippen molar-refractivity contribution in [2.75, 3.05) is 5.32 Å². The molecule has 0 fully saturated rings. The summed E-state index contributed by atoms with van der Waals surface area (Å²) in [5.41, 5.74) is -0.703. The van der Waals surface area contributed by atoms with Crippen molar-refractivity contribution in [1.82, 2.24) is 0 Å². The molecular formula is C13H10BrF2NO3. The monoisotopic (exact) mass is 345 g/mol. The van der Waals surface area contributed by atoms with E-state index in [0.29, 0.717) is 16.5 Å². The molecule has 0 saturated heterocycles. The minimum absolute atomic E-state index is 0.108. The fourth-order valence-electron chi connectivity index (χ4n) is 1.69. The van der Waals surface area contributed by atoms with Gasteiger partial charge in [0.25, 0.3) is 0 Å². The van der Waals surface area contributed by atoms with Crippen LogP contribution in [0.2, 0.25) is 0 Å². The molecule has 7 heteroatoms. The van der Waals surface area contributed by atoms with Crippen LogP contribution in [0.5, 0.6) is 0 Å². The maximum Gasteiger partial charge on any atom is 0.338 e. The summed E-state index contributed by atoms with van der Waals surface area (Å²) in [6, 6.07) is 4.40. The minimum Gasteiger partial charge on any atom is -0.478 e. The summed E-state index contributed by atoms with van der Waals surface area (Å²) < 4.78 is 32.7. The Morgan fingerprint density at radius 2 is 2.05 bits per heavy atom. The zero-order valence-electron chi connectivity index (χ0n) is 10.3. The highest BCUT2D eigenvalue weighted by Crippen LogP contribution is 2.26. The summed E-state index contributed by atoms with van der Waals surface area (Å²) in [5, 5.41) is 11.6. The molecule has 0 bridgehead atoms. The van der Waals surface area contributed by atoms with Gasteiger partial charge in [-0.05, 0) is 41.1 Å². The molecule has 106 valence electrons. The van der Waals surface area contributed by atoms with Crippen molar-refractivity contribution in [3.8, 4) is 0 Å². The number of carbonyl (C=O) groups is 1. The van der Waals surface area contributed by atoms with Gasteiger partial charge in [-0.2, -0.15) is 0 Å². The van der Waals surface area contributed by atoms with Gasteiger partial charge in [0.2, 0.25) is 0 Å². The third-order valence-electron chi connectivity index (χ3n) is 2.68. The number of anilines is 1. The Morgan fingerprint density at radius 1 is 1.35 bits per heavy atom. The van der Waals surface area contributed by atoms with Gasteiger partial charge in [0.15, 0.2) is 4.67 Å².